The second-order valence-electron chi connectivity index (χ2n) is 9.01. The number of esters is 1. The second kappa shape index (κ2) is 17.5. The van der Waals surface area contributed by atoms with Crippen molar-refractivity contribution in [3.05, 3.63) is 30.3 Å². The van der Waals surface area contributed by atoms with Gasteiger partial charge in [0, 0.05) is 6.42 Å². The van der Waals surface area contributed by atoms with E-state index in [2.05, 4.69) is 20.8 Å². The first-order chi connectivity index (χ1) is 14.1. The van der Waals surface area contributed by atoms with Crippen LogP contribution in [0.25, 0.3) is 0 Å². The van der Waals surface area contributed by atoms with Crippen molar-refractivity contribution < 1.29 is 9.53 Å². The highest BCUT2D eigenvalue weighted by Crippen LogP contribution is 2.25. The van der Waals surface area contributed by atoms with Crippen molar-refractivity contribution in [2.45, 2.75) is 117 Å². The van der Waals surface area contributed by atoms with Crippen LogP contribution in [0, 0.1) is 11.8 Å². The number of hydrogen-bond donors (Lipinski definition) is 0. The summed E-state index contributed by atoms with van der Waals surface area (Å²) in [6.45, 7) is 6.85. The van der Waals surface area contributed by atoms with Crippen molar-refractivity contribution in [3.63, 3.8) is 0 Å². The predicted octanol–water partition coefficient (Wildman–Crippen LogP) is 8.74. The van der Waals surface area contributed by atoms with Crippen LogP contribution in [0.15, 0.2) is 30.3 Å². The van der Waals surface area contributed by atoms with Gasteiger partial charge in [-0.3, -0.25) is 4.79 Å². The molecule has 0 fully saturated rings. The van der Waals surface area contributed by atoms with E-state index < -0.39 is 0 Å². The highest BCUT2D eigenvalue weighted by atomic mass is 16.5. The lowest BCUT2D eigenvalue weighted by atomic mass is 9.86. The van der Waals surface area contributed by atoms with Crippen LogP contribution in [-0.2, 0) is 4.79 Å². The van der Waals surface area contributed by atoms with Crippen LogP contribution in [0.3, 0.4) is 0 Å². The standard InChI is InChI=1S/C27H46O2/c1-4-5-6-7-8-9-10-11-12-13-14-16-19-25(24(2)3)22-23-27(28)29-26-20-17-15-18-21-26/h15,17-18,20-21,24-25H,4-14,16,19,22-23H2,1-3H3. The smallest absolute Gasteiger partial charge is 0.311 e. The molecule has 0 bridgehead atoms. The van der Waals surface area contributed by atoms with Crippen LogP contribution in [0.4, 0.5) is 0 Å². The fourth-order valence-corrected chi connectivity index (χ4v) is 4.03. The topological polar surface area (TPSA) is 26.3 Å². The first-order valence-corrected chi connectivity index (χ1v) is 12.4. The summed E-state index contributed by atoms with van der Waals surface area (Å²) in [5.41, 5.74) is 0. The summed E-state index contributed by atoms with van der Waals surface area (Å²) in [5.74, 6) is 1.81. The Hall–Kier alpha value is -1.31. The molecule has 0 aliphatic rings. The van der Waals surface area contributed by atoms with Gasteiger partial charge in [-0.15, -0.1) is 0 Å². The molecule has 0 aliphatic heterocycles. The SMILES string of the molecule is CCCCCCCCCCCCCCC(CCC(=O)Oc1ccccc1)C(C)C. The third-order valence-corrected chi connectivity index (χ3v) is 6.07. The number of carbonyl (C=O) groups excluding carboxylic acids is 1. The molecule has 0 amide bonds. The molecule has 0 heterocycles. The van der Waals surface area contributed by atoms with Crippen molar-refractivity contribution >= 4 is 5.97 Å². The summed E-state index contributed by atoms with van der Waals surface area (Å²) in [6, 6.07) is 9.40. The molecule has 0 aromatic heterocycles. The maximum atomic E-state index is 12.1. The van der Waals surface area contributed by atoms with E-state index in [4.69, 9.17) is 4.74 Å². The number of rotatable bonds is 18. The van der Waals surface area contributed by atoms with E-state index in [0.29, 0.717) is 24.0 Å². The number of benzene rings is 1. The normalized spacial score (nSPS) is 12.3. The van der Waals surface area contributed by atoms with E-state index in [0.717, 1.165) is 6.42 Å². The maximum absolute atomic E-state index is 12.1. The molecule has 2 nitrogen and oxygen atoms in total. The zero-order chi connectivity index (χ0) is 21.2. The Labute approximate surface area is 180 Å². The van der Waals surface area contributed by atoms with Crippen LogP contribution in [0.1, 0.15) is 117 Å². The van der Waals surface area contributed by atoms with Gasteiger partial charge in [0.1, 0.15) is 5.75 Å². The molecule has 0 spiro atoms. The van der Waals surface area contributed by atoms with Crippen molar-refractivity contribution in [3.8, 4) is 5.75 Å². The fraction of sp³-hybridized carbons (Fsp3) is 0.741. The molecule has 1 aromatic rings. The monoisotopic (exact) mass is 402 g/mol. The van der Waals surface area contributed by atoms with E-state index in [9.17, 15) is 4.79 Å². The lowest BCUT2D eigenvalue weighted by Gasteiger charge is -2.20. The third kappa shape index (κ3) is 14.3. The molecule has 0 saturated heterocycles. The van der Waals surface area contributed by atoms with Gasteiger partial charge in [-0.25, -0.2) is 0 Å². The van der Waals surface area contributed by atoms with E-state index in [1.807, 2.05) is 30.3 Å². The quantitative estimate of drug-likeness (QED) is 0.139. The van der Waals surface area contributed by atoms with Crippen molar-refractivity contribution in [2.24, 2.45) is 11.8 Å². The van der Waals surface area contributed by atoms with E-state index in [1.165, 1.54) is 83.5 Å². The van der Waals surface area contributed by atoms with Gasteiger partial charge < -0.3 is 4.74 Å². The number of hydrogen-bond acceptors (Lipinski definition) is 2. The summed E-state index contributed by atoms with van der Waals surface area (Å²) in [4.78, 5) is 12.1. The molecule has 1 atom stereocenters. The van der Waals surface area contributed by atoms with Crippen molar-refractivity contribution in [1.29, 1.82) is 0 Å². The average molecular weight is 403 g/mol. The molecule has 1 aromatic carbocycles. The lowest BCUT2D eigenvalue weighted by molar-refractivity contribution is -0.134. The Balaban J connectivity index is 2.03. The Morgan fingerprint density at radius 2 is 1.28 bits per heavy atom. The van der Waals surface area contributed by atoms with Crippen LogP contribution in [0.2, 0.25) is 0 Å². The number of unbranched alkanes of at least 4 members (excludes halogenated alkanes) is 11. The minimum Gasteiger partial charge on any atom is -0.427 e. The predicted molar refractivity (Wildman–Crippen MR) is 125 cm³/mol. The molecule has 1 unspecified atom stereocenters. The number of carbonyl (C=O) groups is 1. The van der Waals surface area contributed by atoms with Gasteiger partial charge in [0.05, 0.1) is 0 Å². The lowest BCUT2D eigenvalue weighted by Crippen LogP contribution is -2.14. The van der Waals surface area contributed by atoms with Crippen molar-refractivity contribution in [2.75, 3.05) is 0 Å². The highest BCUT2D eigenvalue weighted by Gasteiger charge is 2.16. The summed E-state index contributed by atoms with van der Waals surface area (Å²) in [7, 11) is 0. The van der Waals surface area contributed by atoms with E-state index >= 15 is 0 Å². The zero-order valence-corrected chi connectivity index (χ0v) is 19.5. The van der Waals surface area contributed by atoms with Gasteiger partial charge >= 0.3 is 5.97 Å². The van der Waals surface area contributed by atoms with Crippen molar-refractivity contribution in [1.82, 2.24) is 0 Å². The maximum Gasteiger partial charge on any atom is 0.311 e. The van der Waals surface area contributed by atoms with Gasteiger partial charge in [0.2, 0.25) is 0 Å². The minimum atomic E-state index is -0.100. The molecule has 0 N–H and O–H groups in total. The van der Waals surface area contributed by atoms with Crippen LogP contribution in [-0.4, -0.2) is 5.97 Å². The van der Waals surface area contributed by atoms with Gasteiger partial charge in [0.25, 0.3) is 0 Å². The summed E-state index contributed by atoms with van der Waals surface area (Å²) in [6.07, 6.45) is 19.4. The first-order valence-electron chi connectivity index (χ1n) is 12.4. The van der Waals surface area contributed by atoms with E-state index in [-0.39, 0.29) is 5.97 Å². The Bertz CT molecular complexity index is 495. The fourth-order valence-electron chi connectivity index (χ4n) is 4.03. The largest absolute Gasteiger partial charge is 0.427 e. The molecular weight excluding hydrogens is 356 g/mol. The Morgan fingerprint density at radius 1 is 0.759 bits per heavy atom. The van der Waals surface area contributed by atoms with Gasteiger partial charge in [-0.2, -0.15) is 0 Å². The van der Waals surface area contributed by atoms with Crippen LogP contribution < -0.4 is 4.74 Å². The van der Waals surface area contributed by atoms with Crippen LogP contribution >= 0.6 is 0 Å². The summed E-state index contributed by atoms with van der Waals surface area (Å²) in [5, 5.41) is 0. The summed E-state index contributed by atoms with van der Waals surface area (Å²) >= 11 is 0. The Morgan fingerprint density at radius 3 is 1.79 bits per heavy atom. The molecule has 1 rings (SSSR count). The molecule has 2 heteroatoms. The molecule has 0 saturated carbocycles. The Kier molecular flexibility index (Phi) is 15.6. The highest BCUT2D eigenvalue weighted by molar-refractivity contribution is 5.72. The zero-order valence-electron chi connectivity index (χ0n) is 19.5. The van der Waals surface area contributed by atoms with Gasteiger partial charge in [-0.05, 0) is 30.4 Å². The van der Waals surface area contributed by atoms with Gasteiger partial charge in [0.15, 0.2) is 0 Å². The average Bonchev–Trinajstić information content (AvgIpc) is 2.71. The number of ether oxygens (including phenoxy) is 1. The third-order valence-electron chi connectivity index (χ3n) is 6.07. The molecule has 0 radical (unpaired) electrons. The van der Waals surface area contributed by atoms with Crippen LogP contribution in [0.5, 0.6) is 5.75 Å². The van der Waals surface area contributed by atoms with Gasteiger partial charge in [-0.1, -0.05) is 122 Å². The molecular formula is C27H46O2. The molecule has 0 aliphatic carbocycles. The number of para-hydroxylation sites is 1. The second-order valence-corrected chi connectivity index (χ2v) is 9.01. The molecule has 166 valence electrons. The first kappa shape index (κ1) is 25.7. The molecule has 29 heavy (non-hydrogen) atoms. The summed E-state index contributed by atoms with van der Waals surface area (Å²) < 4.78 is 5.42. The minimum absolute atomic E-state index is 0.100. The van der Waals surface area contributed by atoms with E-state index in [1.54, 1.807) is 0 Å².